The van der Waals surface area contributed by atoms with E-state index < -0.39 is 4.92 Å². The second kappa shape index (κ2) is 9.01. The van der Waals surface area contributed by atoms with Crippen LogP contribution in [0.5, 0.6) is 0 Å². The molecule has 3 N–H and O–H groups in total. The topological polar surface area (TPSA) is 108 Å². The number of fused-ring (bicyclic) bond motifs is 1. The second-order valence-corrected chi connectivity index (χ2v) is 7.58. The lowest BCUT2D eigenvalue weighted by Crippen LogP contribution is -2.48. The highest BCUT2D eigenvalue weighted by Crippen LogP contribution is 2.22. The number of carbonyl (C=O) groups excluding carboxylic acids is 1. The van der Waals surface area contributed by atoms with Crippen LogP contribution in [0, 0.1) is 10.1 Å². The average molecular weight is 419 g/mol. The van der Waals surface area contributed by atoms with Crippen molar-refractivity contribution in [3.05, 3.63) is 76.0 Å². The molecular weight excluding hydrogens is 394 g/mol. The average Bonchev–Trinajstić information content (AvgIpc) is 3.20. The van der Waals surface area contributed by atoms with E-state index in [0.29, 0.717) is 32.7 Å². The predicted molar refractivity (Wildman–Crippen MR) is 122 cm³/mol. The normalized spacial score (nSPS) is 14.5. The summed E-state index contributed by atoms with van der Waals surface area (Å²) in [7, 11) is 0. The van der Waals surface area contributed by atoms with E-state index in [1.54, 1.807) is 18.2 Å². The van der Waals surface area contributed by atoms with Crippen LogP contribution in [0.4, 0.5) is 11.4 Å². The van der Waals surface area contributed by atoms with Crippen molar-refractivity contribution in [3.8, 4) is 0 Å². The Kier molecular flexibility index (Phi) is 5.99. The van der Waals surface area contributed by atoms with Crippen LogP contribution in [0.2, 0.25) is 0 Å². The van der Waals surface area contributed by atoms with E-state index in [-0.39, 0.29) is 11.6 Å². The molecule has 160 valence electrons. The van der Waals surface area contributed by atoms with Gasteiger partial charge in [-0.05, 0) is 54.4 Å². The second-order valence-electron chi connectivity index (χ2n) is 7.58. The molecule has 0 spiro atoms. The van der Waals surface area contributed by atoms with Gasteiger partial charge in [-0.2, -0.15) is 0 Å². The number of carbonyl (C=O) groups is 1. The van der Waals surface area contributed by atoms with E-state index in [1.165, 1.54) is 17.7 Å². The molecule has 31 heavy (non-hydrogen) atoms. The molecule has 4 rings (SSSR count). The van der Waals surface area contributed by atoms with E-state index in [9.17, 15) is 14.9 Å². The van der Waals surface area contributed by atoms with Gasteiger partial charge in [-0.15, -0.1) is 0 Å². The number of nitrogens with one attached hydrogen (secondary N) is 1. The van der Waals surface area contributed by atoms with Crippen LogP contribution in [-0.2, 0) is 11.2 Å². The van der Waals surface area contributed by atoms with Crippen LogP contribution in [0.25, 0.3) is 17.0 Å². The molecule has 8 heteroatoms. The summed E-state index contributed by atoms with van der Waals surface area (Å²) in [4.78, 5) is 30.3. The smallest absolute Gasteiger partial charge is 0.269 e. The highest BCUT2D eigenvalue weighted by Gasteiger charge is 2.20. The maximum atomic E-state index is 12.6. The first-order chi connectivity index (χ1) is 15.0. The third-order valence-corrected chi connectivity index (χ3v) is 5.64. The van der Waals surface area contributed by atoms with Gasteiger partial charge in [0.2, 0.25) is 5.91 Å². The lowest BCUT2D eigenvalue weighted by molar-refractivity contribution is -0.384. The maximum absolute atomic E-state index is 12.6. The van der Waals surface area contributed by atoms with E-state index in [4.69, 9.17) is 5.73 Å². The minimum atomic E-state index is -0.403. The highest BCUT2D eigenvalue weighted by molar-refractivity contribution is 5.93. The minimum absolute atomic E-state index is 0.0142. The van der Waals surface area contributed by atoms with Crippen molar-refractivity contribution >= 4 is 34.3 Å². The molecule has 1 amide bonds. The van der Waals surface area contributed by atoms with E-state index >= 15 is 0 Å². The Morgan fingerprint density at radius 1 is 1.13 bits per heavy atom. The zero-order valence-electron chi connectivity index (χ0n) is 17.2. The number of aromatic nitrogens is 1. The summed E-state index contributed by atoms with van der Waals surface area (Å²) >= 11 is 0. The number of rotatable bonds is 6. The van der Waals surface area contributed by atoms with Crippen LogP contribution < -0.4 is 10.6 Å². The number of benzene rings is 2. The number of piperazine rings is 1. The third-order valence-electron chi connectivity index (χ3n) is 5.64. The molecule has 1 aliphatic heterocycles. The molecule has 0 radical (unpaired) electrons. The maximum Gasteiger partial charge on any atom is 0.269 e. The molecule has 1 aliphatic rings. The molecule has 0 atom stereocenters. The molecule has 1 aromatic heterocycles. The lowest BCUT2D eigenvalue weighted by Gasteiger charge is -2.35. The fourth-order valence-electron chi connectivity index (χ4n) is 3.91. The molecule has 2 heterocycles. The number of nitrogens with two attached hydrogens (primary N) is 1. The van der Waals surface area contributed by atoms with Gasteiger partial charge in [-0.25, -0.2) is 0 Å². The quantitative estimate of drug-likeness (QED) is 0.363. The van der Waals surface area contributed by atoms with Gasteiger partial charge in [-0.1, -0.05) is 6.07 Å². The number of H-pyrrole nitrogens is 1. The number of non-ortho nitro benzene ring substituents is 1. The zero-order chi connectivity index (χ0) is 21.8. The van der Waals surface area contributed by atoms with E-state index in [0.717, 1.165) is 28.6 Å². The Labute approximate surface area is 180 Å². The number of nitro benzene ring substituents is 1. The SMILES string of the molecule is NCCc1c[nH]c2ccc(/C=C/C(=O)N3CCN(c4ccc([N+](=O)[O-])cc4)CC3)cc12. The Morgan fingerprint density at radius 2 is 1.87 bits per heavy atom. The van der Waals surface area contributed by atoms with Crippen molar-refractivity contribution < 1.29 is 9.72 Å². The highest BCUT2D eigenvalue weighted by atomic mass is 16.6. The van der Waals surface area contributed by atoms with Gasteiger partial charge in [0, 0.05) is 67.2 Å². The van der Waals surface area contributed by atoms with Crippen molar-refractivity contribution in [1.29, 1.82) is 0 Å². The zero-order valence-corrected chi connectivity index (χ0v) is 17.2. The molecule has 0 unspecified atom stereocenters. The minimum Gasteiger partial charge on any atom is -0.368 e. The summed E-state index contributed by atoms with van der Waals surface area (Å²) in [6.45, 7) is 3.19. The van der Waals surface area contributed by atoms with Gasteiger partial charge in [0.1, 0.15) is 0 Å². The standard InChI is InChI=1S/C23H25N5O3/c24-10-9-18-16-25-22-7-1-17(15-21(18)22)2-8-23(29)27-13-11-26(12-14-27)19-3-5-20(6-4-19)28(30)31/h1-8,15-16,25H,9-14,24H2/b8-2+. The van der Waals surface area contributed by atoms with E-state index in [2.05, 4.69) is 16.0 Å². The van der Waals surface area contributed by atoms with Gasteiger partial charge in [0.25, 0.3) is 5.69 Å². The summed E-state index contributed by atoms with van der Waals surface area (Å²) in [5.41, 5.74) is 9.92. The number of anilines is 1. The van der Waals surface area contributed by atoms with Crippen molar-refractivity contribution in [2.24, 2.45) is 5.73 Å². The van der Waals surface area contributed by atoms with Crippen molar-refractivity contribution in [2.45, 2.75) is 6.42 Å². The van der Waals surface area contributed by atoms with Gasteiger partial charge in [0.05, 0.1) is 4.92 Å². The molecule has 2 aromatic carbocycles. The van der Waals surface area contributed by atoms with Crippen molar-refractivity contribution in [2.75, 3.05) is 37.6 Å². The number of nitro groups is 1. The van der Waals surface area contributed by atoms with Crippen LogP contribution in [0.3, 0.4) is 0 Å². The van der Waals surface area contributed by atoms with E-state index in [1.807, 2.05) is 29.3 Å². The molecule has 0 aliphatic carbocycles. The molecule has 3 aromatic rings. The van der Waals surface area contributed by atoms with Crippen molar-refractivity contribution in [1.82, 2.24) is 9.88 Å². The Morgan fingerprint density at radius 3 is 2.55 bits per heavy atom. The lowest BCUT2D eigenvalue weighted by atomic mass is 10.1. The fraction of sp³-hybridized carbons (Fsp3) is 0.261. The summed E-state index contributed by atoms with van der Waals surface area (Å²) in [5, 5.41) is 11.9. The number of hydrogen-bond donors (Lipinski definition) is 2. The Balaban J connectivity index is 1.36. The van der Waals surface area contributed by atoms with Gasteiger partial charge in [-0.3, -0.25) is 14.9 Å². The first-order valence-electron chi connectivity index (χ1n) is 10.3. The summed E-state index contributed by atoms with van der Waals surface area (Å²) < 4.78 is 0. The van der Waals surface area contributed by atoms with Crippen molar-refractivity contribution in [3.63, 3.8) is 0 Å². The molecular formula is C23H25N5O3. The van der Waals surface area contributed by atoms with Crippen LogP contribution in [0.15, 0.2) is 54.7 Å². The largest absolute Gasteiger partial charge is 0.368 e. The number of hydrogen-bond acceptors (Lipinski definition) is 5. The van der Waals surface area contributed by atoms with Gasteiger partial charge >= 0.3 is 0 Å². The predicted octanol–water partition coefficient (Wildman–Crippen LogP) is 2.94. The molecule has 8 nitrogen and oxygen atoms in total. The first-order valence-corrected chi connectivity index (χ1v) is 10.3. The van der Waals surface area contributed by atoms with Crippen LogP contribution in [0.1, 0.15) is 11.1 Å². The summed E-state index contributed by atoms with van der Waals surface area (Å²) in [6, 6.07) is 12.6. The van der Waals surface area contributed by atoms with Crippen LogP contribution >= 0.6 is 0 Å². The first kappa shape index (κ1) is 20.6. The van der Waals surface area contributed by atoms with Crippen LogP contribution in [-0.4, -0.2) is 53.4 Å². The number of nitrogens with zero attached hydrogens (tertiary/aromatic N) is 3. The van der Waals surface area contributed by atoms with Gasteiger partial charge < -0.3 is 20.5 Å². The molecule has 1 saturated heterocycles. The summed E-state index contributed by atoms with van der Waals surface area (Å²) in [6.07, 6.45) is 6.27. The molecule has 0 bridgehead atoms. The fourth-order valence-corrected chi connectivity index (χ4v) is 3.91. The Hall–Kier alpha value is -3.65. The third kappa shape index (κ3) is 4.59. The number of aromatic amines is 1. The Bertz CT molecular complexity index is 1110. The molecule has 0 saturated carbocycles. The monoisotopic (exact) mass is 419 g/mol. The molecule has 1 fully saturated rings. The summed E-state index contributed by atoms with van der Waals surface area (Å²) in [5.74, 6) is -0.0142. The number of amides is 1. The van der Waals surface area contributed by atoms with Gasteiger partial charge in [0.15, 0.2) is 0 Å².